The van der Waals surface area contributed by atoms with Gasteiger partial charge in [-0.15, -0.1) is 18.3 Å². The molecule has 0 unspecified atom stereocenters. The minimum absolute atomic E-state index is 0.731. The average molecular weight is 206 g/mol. The number of carbonyl (C=O) groups is 1. The van der Waals surface area contributed by atoms with Crippen LogP contribution in [0.5, 0.6) is 0 Å². The summed E-state index contributed by atoms with van der Waals surface area (Å²) in [6, 6.07) is 7.64. The maximum absolute atomic E-state index is 10.4. The van der Waals surface area contributed by atoms with Crippen LogP contribution in [0.25, 0.3) is 0 Å². The molecule has 0 amide bonds. The standard InChI is InChI=1S/C12H14OS/c1-10(2)7-8-14-12-5-3-11(9-13)4-6-12/h3-6,9H,1,7-8H2,2H3. The number of thioether (sulfide) groups is 1. The third-order valence-electron chi connectivity index (χ3n) is 1.81. The van der Waals surface area contributed by atoms with Crippen molar-refractivity contribution in [2.75, 3.05) is 5.75 Å². The summed E-state index contributed by atoms with van der Waals surface area (Å²) in [6.07, 6.45) is 1.91. The van der Waals surface area contributed by atoms with Gasteiger partial charge in [-0.05, 0) is 25.5 Å². The van der Waals surface area contributed by atoms with Crippen molar-refractivity contribution >= 4 is 18.0 Å². The number of rotatable bonds is 5. The minimum Gasteiger partial charge on any atom is -0.298 e. The van der Waals surface area contributed by atoms with E-state index in [2.05, 4.69) is 6.58 Å². The van der Waals surface area contributed by atoms with Crippen molar-refractivity contribution < 1.29 is 4.79 Å². The second-order valence-electron chi connectivity index (χ2n) is 3.24. The first-order valence-electron chi connectivity index (χ1n) is 4.55. The Morgan fingerprint density at radius 3 is 2.57 bits per heavy atom. The van der Waals surface area contributed by atoms with Crippen LogP contribution in [0.3, 0.4) is 0 Å². The van der Waals surface area contributed by atoms with E-state index in [-0.39, 0.29) is 0 Å². The van der Waals surface area contributed by atoms with Gasteiger partial charge in [-0.2, -0.15) is 0 Å². The average Bonchev–Trinajstić information content (AvgIpc) is 2.18. The summed E-state index contributed by atoms with van der Waals surface area (Å²) in [5.74, 6) is 1.05. The molecule has 0 saturated carbocycles. The van der Waals surface area contributed by atoms with Crippen LogP contribution in [0.15, 0.2) is 41.3 Å². The lowest BCUT2D eigenvalue weighted by atomic mass is 10.2. The highest BCUT2D eigenvalue weighted by atomic mass is 32.2. The molecule has 0 heterocycles. The van der Waals surface area contributed by atoms with E-state index in [1.807, 2.05) is 31.2 Å². The normalized spacial score (nSPS) is 9.79. The molecule has 1 aromatic carbocycles. The molecule has 0 atom stereocenters. The van der Waals surface area contributed by atoms with Crippen molar-refractivity contribution in [3.63, 3.8) is 0 Å². The van der Waals surface area contributed by atoms with E-state index >= 15 is 0 Å². The predicted molar refractivity (Wildman–Crippen MR) is 62.0 cm³/mol. The highest BCUT2D eigenvalue weighted by Crippen LogP contribution is 2.19. The molecule has 0 spiro atoms. The molecule has 0 radical (unpaired) electrons. The number of carbonyl (C=O) groups excluding carboxylic acids is 1. The van der Waals surface area contributed by atoms with E-state index in [0.717, 1.165) is 24.0 Å². The van der Waals surface area contributed by atoms with Gasteiger partial charge in [0.2, 0.25) is 0 Å². The van der Waals surface area contributed by atoms with Gasteiger partial charge in [-0.1, -0.05) is 17.7 Å². The molecule has 0 saturated heterocycles. The first-order chi connectivity index (χ1) is 6.72. The molecule has 0 aliphatic heterocycles. The molecule has 0 aliphatic carbocycles. The van der Waals surface area contributed by atoms with Crippen LogP contribution in [-0.2, 0) is 0 Å². The zero-order valence-electron chi connectivity index (χ0n) is 8.32. The largest absolute Gasteiger partial charge is 0.298 e. The molecule has 0 N–H and O–H groups in total. The lowest BCUT2D eigenvalue weighted by molar-refractivity contribution is 0.112. The van der Waals surface area contributed by atoms with Crippen molar-refractivity contribution in [1.82, 2.24) is 0 Å². The quantitative estimate of drug-likeness (QED) is 0.416. The van der Waals surface area contributed by atoms with Crippen LogP contribution in [-0.4, -0.2) is 12.0 Å². The summed E-state index contributed by atoms with van der Waals surface area (Å²) >= 11 is 1.79. The monoisotopic (exact) mass is 206 g/mol. The van der Waals surface area contributed by atoms with Crippen molar-refractivity contribution in [2.24, 2.45) is 0 Å². The zero-order chi connectivity index (χ0) is 10.4. The SMILES string of the molecule is C=C(C)CCSc1ccc(C=O)cc1. The van der Waals surface area contributed by atoms with E-state index in [4.69, 9.17) is 0 Å². The zero-order valence-corrected chi connectivity index (χ0v) is 9.14. The molecule has 2 heteroatoms. The van der Waals surface area contributed by atoms with Crippen LogP contribution in [0.4, 0.5) is 0 Å². The van der Waals surface area contributed by atoms with Crippen LogP contribution in [0, 0.1) is 0 Å². The summed E-state index contributed by atoms with van der Waals surface area (Å²) in [5, 5.41) is 0. The van der Waals surface area contributed by atoms with Gasteiger partial charge in [0.15, 0.2) is 0 Å². The Labute approximate surface area is 89.2 Å². The van der Waals surface area contributed by atoms with Crippen LogP contribution >= 0.6 is 11.8 Å². The summed E-state index contributed by atoms with van der Waals surface area (Å²) in [7, 11) is 0. The van der Waals surface area contributed by atoms with Crippen LogP contribution in [0.1, 0.15) is 23.7 Å². The van der Waals surface area contributed by atoms with Crippen molar-refractivity contribution in [1.29, 1.82) is 0 Å². The Kier molecular flexibility index (Phi) is 4.47. The van der Waals surface area contributed by atoms with Crippen molar-refractivity contribution in [3.05, 3.63) is 42.0 Å². The molecule has 0 fully saturated rings. The molecular weight excluding hydrogens is 192 g/mol. The maximum Gasteiger partial charge on any atom is 0.150 e. The molecule has 74 valence electrons. The third kappa shape index (κ3) is 3.79. The lowest BCUT2D eigenvalue weighted by Crippen LogP contribution is -1.82. The van der Waals surface area contributed by atoms with E-state index in [1.54, 1.807) is 11.8 Å². The van der Waals surface area contributed by atoms with E-state index < -0.39 is 0 Å². The predicted octanol–water partition coefficient (Wildman–Crippen LogP) is 3.56. The Morgan fingerprint density at radius 2 is 2.07 bits per heavy atom. The fourth-order valence-corrected chi connectivity index (χ4v) is 2.00. The molecule has 0 aromatic heterocycles. The van der Waals surface area contributed by atoms with E-state index in [1.165, 1.54) is 10.5 Å². The molecule has 14 heavy (non-hydrogen) atoms. The van der Waals surface area contributed by atoms with Crippen molar-refractivity contribution in [2.45, 2.75) is 18.2 Å². The number of hydrogen-bond acceptors (Lipinski definition) is 2. The van der Waals surface area contributed by atoms with Crippen LogP contribution in [0.2, 0.25) is 0 Å². The van der Waals surface area contributed by atoms with Gasteiger partial charge >= 0.3 is 0 Å². The van der Waals surface area contributed by atoms with Gasteiger partial charge in [0, 0.05) is 16.2 Å². The summed E-state index contributed by atoms with van der Waals surface area (Å²) < 4.78 is 0. The van der Waals surface area contributed by atoms with E-state index in [0.29, 0.717) is 0 Å². The van der Waals surface area contributed by atoms with Crippen molar-refractivity contribution in [3.8, 4) is 0 Å². The molecule has 0 aliphatic rings. The molecule has 1 nitrogen and oxygen atoms in total. The first-order valence-corrected chi connectivity index (χ1v) is 5.53. The van der Waals surface area contributed by atoms with Gasteiger partial charge in [0.1, 0.15) is 6.29 Å². The van der Waals surface area contributed by atoms with Crippen LogP contribution < -0.4 is 0 Å². The van der Waals surface area contributed by atoms with Gasteiger partial charge < -0.3 is 0 Å². The lowest BCUT2D eigenvalue weighted by Gasteiger charge is -2.01. The summed E-state index contributed by atoms with van der Waals surface area (Å²) in [6.45, 7) is 5.89. The van der Waals surface area contributed by atoms with Gasteiger partial charge in [0.05, 0.1) is 0 Å². The highest BCUT2D eigenvalue weighted by molar-refractivity contribution is 7.99. The molecule has 0 bridgehead atoms. The third-order valence-corrected chi connectivity index (χ3v) is 2.83. The highest BCUT2D eigenvalue weighted by Gasteiger charge is 1.94. The Hall–Kier alpha value is -1.02. The molecule has 1 aromatic rings. The first kappa shape index (κ1) is 11.1. The Bertz CT molecular complexity index is 314. The maximum atomic E-state index is 10.4. The van der Waals surface area contributed by atoms with E-state index in [9.17, 15) is 4.79 Å². The molecular formula is C12H14OS. The second-order valence-corrected chi connectivity index (χ2v) is 4.41. The number of aldehydes is 1. The Balaban J connectivity index is 2.43. The minimum atomic E-state index is 0.731. The Morgan fingerprint density at radius 1 is 1.43 bits per heavy atom. The number of benzene rings is 1. The number of allylic oxidation sites excluding steroid dienone is 1. The van der Waals surface area contributed by atoms with Gasteiger partial charge in [-0.25, -0.2) is 0 Å². The fourth-order valence-electron chi connectivity index (χ4n) is 0.986. The van der Waals surface area contributed by atoms with Gasteiger partial charge in [0.25, 0.3) is 0 Å². The summed E-state index contributed by atoms with van der Waals surface area (Å²) in [5.41, 5.74) is 1.94. The number of hydrogen-bond donors (Lipinski definition) is 0. The fraction of sp³-hybridized carbons (Fsp3) is 0.250. The topological polar surface area (TPSA) is 17.1 Å². The summed E-state index contributed by atoms with van der Waals surface area (Å²) in [4.78, 5) is 11.6. The smallest absolute Gasteiger partial charge is 0.150 e. The van der Waals surface area contributed by atoms with Gasteiger partial charge in [-0.3, -0.25) is 4.79 Å². The second kappa shape index (κ2) is 5.66. The molecule has 1 rings (SSSR count).